The Morgan fingerprint density at radius 2 is 1.34 bits per heavy atom. The number of hydrogen-bond donors (Lipinski definition) is 4. The summed E-state index contributed by atoms with van der Waals surface area (Å²) < 4.78 is 5.73. The molecule has 0 saturated heterocycles. The third-order valence-corrected chi connectivity index (χ3v) is 4.11. The van der Waals surface area contributed by atoms with Crippen LogP contribution in [0.4, 0.5) is 0 Å². The Balaban J connectivity index is 0.000000150. The Labute approximate surface area is 160 Å². The van der Waals surface area contributed by atoms with Crippen LogP contribution < -0.4 is 22.4 Å². The summed E-state index contributed by atoms with van der Waals surface area (Å²) in [6.45, 7) is 0. The van der Waals surface area contributed by atoms with Crippen LogP contribution in [-0.4, -0.2) is 19.9 Å². The van der Waals surface area contributed by atoms with E-state index in [0.717, 1.165) is 5.56 Å². The second kappa shape index (κ2) is 7.31. The molecule has 3 heterocycles. The van der Waals surface area contributed by atoms with Crippen molar-refractivity contribution < 1.29 is 4.42 Å². The number of aromatic amines is 4. The topological polar surface area (TPSA) is 145 Å². The third-order valence-electron chi connectivity index (χ3n) is 4.11. The Kier molecular flexibility index (Phi) is 4.54. The lowest BCUT2D eigenvalue weighted by Crippen LogP contribution is -2.21. The van der Waals surface area contributed by atoms with Crippen LogP contribution in [0, 0.1) is 0 Å². The molecule has 3 aromatic heterocycles. The molecule has 9 nitrogen and oxygen atoms in total. The lowest BCUT2D eigenvalue weighted by Gasteiger charge is -2.02. The molecule has 0 spiro atoms. The van der Waals surface area contributed by atoms with Crippen molar-refractivity contribution in [2.75, 3.05) is 0 Å². The van der Waals surface area contributed by atoms with E-state index < -0.39 is 16.9 Å². The van der Waals surface area contributed by atoms with E-state index in [1.807, 2.05) is 53.5 Å². The van der Waals surface area contributed by atoms with Gasteiger partial charge in [0.25, 0.3) is 5.56 Å². The van der Waals surface area contributed by atoms with Gasteiger partial charge in [-0.15, -0.1) is 0 Å². The molecule has 9 heteroatoms. The predicted octanol–water partition coefficient (Wildman–Crippen LogP) is 1.69. The van der Waals surface area contributed by atoms with Gasteiger partial charge in [0, 0.05) is 11.6 Å². The van der Waals surface area contributed by atoms with E-state index in [0.29, 0.717) is 16.7 Å². The van der Waals surface area contributed by atoms with Gasteiger partial charge in [-0.1, -0.05) is 42.5 Å². The van der Waals surface area contributed by atoms with Crippen molar-refractivity contribution in [1.82, 2.24) is 19.9 Å². The molecule has 0 aliphatic rings. The molecule has 0 atom stereocenters. The molecule has 0 fully saturated rings. The molecule has 0 aliphatic carbocycles. The highest BCUT2D eigenvalue weighted by atomic mass is 16.3. The minimum Gasteiger partial charge on any atom is -0.456 e. The van der Waals surface area contributed by atoms with E-state index in [9.17, 15) is 19.2 Å². The number of benzene rings is 2. The number of H-pyrrole nitrogens is 4. The first kappa shape index (κ1) is 18.0. The molecule has 0 unspecified atom stereocenters. The van der Waals surface area contributed by atoms with E-state index in [4.69, 9.17) is 4.42 Å². The average Bonchev–Trinajstić information content (AvgIpc) is 3.10. The summed E-state index contributed by atoms with van der Waals surface area (Å²) in [7, 11) is 0. The van der Waals surface area contributed by atoms with Crippen LogP contribution in [0.5, 0.6) is 0 Å². The van der Waals surface area contributed by atoms with E-state index in [2.05, 4.69) is 15.0 Å². The second-order valence-electron chi connectivity index (χ2n) is 6.07. The van der Waals surface area contributed by atoms with Gasteiger partial charge >= 0.3 is 11.4 Å². The van der Waals surface area contributed by atoms with Gasteiger partial charge in [-0.25, -0.2) is 9.59 Å². The Bertz CT molecular complexity index is 1540. The molecule has 5 aromatic rings. The number of aromatic nitrogens is 4. The molecule has 0 saturated carbocycles. The van der Waals surface area contributed by atoms with E-state index >= 15 is 0 Å². The maximum Gasteiger partial charge on any atom is 0.327 e. The first-order valence-corrected chi connectivity index (χ1v) is 8.54. The lowest BCUT2D eigenvalue weighted by atomic mass is 10.1. The summed E-state index contributed by atoms with van der Waals surface area (Å²) in [6, 6.07) is 18.4. The van der Waals surface area contributed by atoms with Gasteiger partial charge in [-0.3, -0.25) is 29.5 Å². The van der Waals surface area contributed by atoms with Gasteiger partial charge in [-0.05, 0) is 12.1 Å². The zero-order valence-corrected chi connectivity index (χ0v) is 14.8. The largest absolute Gasteiger partial charge is 0.456 e. The number of hydrogen-bond acceptors (Lipinski definition) is 5. The maximum atomic E-state index is 11.9. The zero-order chi connectivity index (χ0) is 20.4. The minimum absolute atomic E-state index is 0.00861. The first-order valence-electron chi connectivity index (χ1n) is 8.54. The molecule has 0 radical (unpaired) electrons. The molecular formula is C20H14N4O5. The van der Waals surface area contributed by atoms with Crippen LogP contribution in [0.15, 0.2) is 84.3 Å². The highest BCUT2D eigenvalue weighted by Crippen LogP contribution is 2.21. The van der Waals surface area contributed by atoms with Crippen LogP contribution >= 0.6 is 0 Å². The molecule has 0 bridgehead atoms. The number of para-hydroxylation sites is 1. The third kappa shape index (κ3) is 3.69. The highest BCUT2D eigenvalue weighted by Gasteiger charge is 2.05. The second-order valence-corrected chi connectivity index (χ2v) is 6.07. The summed E-state index contributed by atoms with van der Waals surface area (Å²) in [5.41, 5.74) is -0.125. The first-order chi connectivity index (χ1) is 14.0. The SMILES string of the molecule is O=c1[nH]c(=O)c2[nH]c(=O)[nH]c2[nH]1.O=c1cc(-c2ccccc2)oc2ccccc12. The summed E-state index contributed by atoms with van der Waals surface area (Å²) >= 11 is 0. The van der Waals surface area contributed by atoms with Gasteiger partial charge in [-0.2, -0.15) is 0 Å². The van der Waals surface area contributed by atoms with Crippen molar-refractivity contribution in [3.8, 4) is 11.3 Å². The summed E-state index contributed by atoms with van der Waals surface area (Å²) in [5, 5.41) is 0.618. The van der Waals surface area contributed by atoms with Crippen LogP contribution in [0.25, 0.3) is 33.5 Å². The lowest BCUT2D eigenvalue weighted by molar-refractivity contribution is 0.619. The number of nitrogens with one attached hydrogen (secondary N) is 4. The average molecular weight is 390 g/mol. The molecular weight excluding hydrogens is 376 g/mol. The smallest absolute Gasteiger partial charge is 0.327 e. The van der Waals surface area contributed by atoms with Gasteiger partial charge in [0.2, 0.25) is 0 Å². The van der Waals surface area contributed by atoms with E-state index in [-0.39, 0.29) is 16.6 Å². The molecule has 0 aliphatic heterocycles. The molecule has 4 N–H and O–H groups in total. The van der Waals surface area contributed by atoms with Crippen molar-refractivity contribution in [3.05, 3.63) is 102 Å². The van der Waals surface area contributed by atoms with Crippen molar-refractivity contribution in [3.63, 3.8) is 0 Å². The van der Waals surface area contributed by atoms with Crippen molar-refractivity contribution in [1.29, 1.82) is 0 Å². The van der Waals surface area contributed by atoms with Gasteiger partial charge < -0.3 is 4.42 Å². The van der Waals surface area contributed by atoms with Gasteiger partial charge in [0.1, 0.15) is 22.5 Å². The maximum absolute atomic E-state index is 11.9. The number of imidazole rings is 1. The monoisotopic (exact) mass is 390 g/mol. The molecule has 5 rings (SSSR count). The fourth-order valence-electron chi connectivity index (χ4n) is 2.81. The van der Waals surface area contributed by atoms with E-state index in [1.165, 1.54) is 6.07 Å². The van der Waals surface area contributed by atoms with Crippen molar-refractivity contribution in [2.24, 2.45) is 0 Å². The molecule has 144 valence electrons. The van der Waals surface area contributed by atoms with E-state index in [1.54, 1.807) is 6.07 Å². The Morgan fingerprint density at radius 3 is 2.10 bits per heavy atom. The van der Waals surface area contributed by atoms with Gasteiger partial charge in [0.15, 0.2) is 5.43 Å². The molecule has 29 heavy (non-hydrogen) atoms. The number of rotatable bonds is 1. The van der Waals surface area contributed by atoms with Crippen molar-refractivity contribution in [2.45, 2.75) is 0 Å². The van der Waals surface area contributed by atoms with Crippen LogP contribution in [0.2, 0.25) is 0 Å². The van der Waals surface area contributed by atoms with Crippen LogP contribution in [0.1, 0.15) is 0 Å². The summed E-state index contributed by atoms with van der Waals surface area (Å²) in [4.78, 5) is 52.9. The Hall–Kier alpha value is -4.40. The standard InChI is InChI=1S/C15H10O2.C5H4N4O3/c16-13-10-15(11-6-2-1-3-7-11)17-14-9-5-4-8-12(13)14;10-3-1-2(7-4(11)6-1)8-5(12)9-3/h1-10H;(H4,6,7,8,9,10,11,12). The normalized spacial score (nSPS) is 10.6. The summed E-state index contributed by atoms with van der Waals surface area (Å²) in [5.74, 6) is 0.606. The minimum atomic E-state index is -0.650. The Morgan fingerprint density at radius 1 is 0.690 bits per heavy atom. The number of fused-ring (bicyclic) bond motifs is 2. The zero-order valence-electron chi connectivity index (χ0n) is 14.8. The van der Waals surface area contributed by atoms with Crippen LogP contribution in [0.3, 0.4) is 0 Å². The quantitative estimate of drug-likeness (QED) is 0.344. The van der Waals surface area contributed by atoms with Crippen LogP contribution in [-0.2, 0) is 0 Å². The summed E-state index contributed by atoms with van der Waals surface area (Å²) in [6.07, 6.45) is 0. The fourth-order valence-corrected chi connectivity index (χ4v) is 2.81. The van der Waals surface area contributed by atoms with Crippen molar-refractivity contribution >= 4 is 22.1 Å². The predicted molar refractivity (Wildman–Crippen MR) is 108 cm³/mol. The molecule has 2 aromatic carbocycles. The fraction of sp³-hybridized carbons (Fsp3) is 0. The highest BCUT2D eigenvalue weighted by molar-refractivity contribution is 5.78. The van der Waals surface area contributed by atoms with Gasteiger partial charge in [0.05, 0.1) is 5.39 Å². The molecule has 0 amide bonds.